The lowest BCUT2D eigenvalue weighted by Crippen LogP contribution is -2.53. The Hall–Kier alpha value is -1.86. The Morgan fingerprint density at radius 3 is 2.05 bits per heavy atom. The minimum atomic E-state index is -1.62. The fraction of sp³-hybridized carbons (Fsp3) is 0.111. The number of fused-ring (bicyclic) bond motifs is 1. The second kappa shape index (κ2) is 4.67. The lowest BCUT2D eigenvalue weighted by molar-refractivity contribution is 1.69. The summed E-state index contributed by atoms with van der Waals surface area (Å²) in [6.07, 6.45) is 0. The van der Waals surface area contributed by atoms with Gasteiger partial charge in [-0.15, -0.1) is 0 Å². The Morgan fingerprint density at radius 2 is 1.26 bits per heavy atom. The Bertz CT molecular complexity index is 694. The van der Waals surface area contributed by atoms with E-state index in [0.717, 1.165) is 0 Å². The Kier molecular flexibility index (Phi) is 3.00. The first kappa shape index (κ1) is 12.2. The molecule has 94 valence electrons. The number of benzene rings is 3. The van der Waals surface area contributed by atoms with Crippen molar-refractivity contribution in [2.75, 3.05) is 0 Å². The molecule has 0 heterocycles. The van der Waals surface area contributed by atoms with Crippen LogP contribution in [0.25, 0.3) is 10.8 Å². The molecule has 3 aromatic carbocycles. The first-order valence-electron chi connectivity index (χ1n) is 6.73. The molecule has 0 saturated carbocycles. The van der Waals surface area contributed by atoms with Crippen LogP contribution in [0.4, 0.5) is 0 Å². The first-order chi connectivity index (χ1) is 9.19. The summed E-state index contributed by atoms with van der Waals surface area (Å²) in [6.45, 7) is 4.87. The van der Waals surface area contributed by atoms with Crippen LogP contribution in [0.5, 0.6) is 0 Å². The molecular formula is C18H18Si. The Morgan fingerprint density at radius 1 is 0.632 bits per heavy atom. The molecule has 0 spiro atoms. The number of hydrogen-bond donors (Lipinski definition) is 0. The van der Waals surface area contributed by atoms with Gasteiger partial charge in [-0.1, -0.05) is 91.1 Å². The van der Waals surface area contributed by atoms with Gasteiger partial charge in [-0.05, 0) is 16.0 Å². The molecule has 3 rings (SSSR count). The van der Waals surface area contributed by atoms with Gasteiger partial charge in [0.1, 0.15) is 8.07 Å². The average Bonchev–Trinajstić information content (AvgIpc) is 2.47. The van der Waals surface area contributed by atoms with Gasteiger partial charge in [-0.3, -0.25) is 0 Å². The molecule has 0 nitrogen and oxygen atoms in total. The van der Waals surface area contributed by atoms with E-state index in [1.807, 2.05) is 0 Å². The molecule has 0 saturated heterocycles. The normalized spacial score (nSPS) is 11.7. The Balaban J connectivity index is 2.24. The van der Waals surface area contributed by atoms with E-state index >= 15 is 0 Å². The maximum absolute atomic E-state index is 2.43. The molecule has 0 radical (unpaired) electrons. The molecule has 0 fully saturated rings. The minimum Gasteiger partial charge on any atom is -0.0626 e. The smallest absolute Gasteiger partial charge is 0.0626 e. The molecule has 0 unspecified atom stereocenters. The van der Waals surface area contributed by atoms with Crippen LogP contribution < -0.4 is 10.4 Å². The monoisotopic (exact) mass is 262 g/mol. The summed E-state index contributed by atoms with van der Waals surface area (Å²) in [5.74, 6) is 0. The molecule has 3 aromatic rings. The van der Waals surface area contributed by atoms with Crippen molar-refractivity contribution in [2.45, 2.75) is 13.1 Å². The third kappa shape index (κ3) is 2.11. The second-order valence-electron chi connectivity index (χ2n) is 5.52. The van der Waals surface area contributed by atoms with Crippen LogP contribution in [0.2, 0.25) is 13.1 Å². The van der Waals surface area contributed by atoms with Crippen LogP contribution in [0, 0.1) is 0 Å². The van der Waals surface area contributed by atoms with Crippen molar-refractivity contribution < 1.29 is 0 Å². The van der Waals surface area contributed by atoms with Gasteiger partial charge in [-0.2, -0.15) is 0 Å². The third-order valence-corrected chi connectivity index (χ3v) is 7.52. The molecule has 0 N–H and O–H groups in total. The molecule has 0 amide bonds. The highest BCUT2D eigenvalue weighted by Crippen LogP contribution is 2.15. The van der Waals surface area contributed by atoms with Crippen molar-refractivity contribution in [1.82, 2.24) is 0 Å². The summed E-state index contributed by atoms with van der Waals surface area (Å²) in [7, 11) is -1.62. The van der Waals surface area contributed by atoms with E-state index < -0.39 is 8.07 Å². The highest BCUT2D eigenvalue weighted by molar-refractivity contribution is 7.01. The van der Waals surface area contributed by atoms with Gasteiger partial charge >= 0.3 is 0 Å². The molecule has 0 aliphatic carbocycles. The molecule has 19 heavy (non-hydrogen) atoms. The van der Waals surface area contributed by atoms with Crippen molar-refractivity contribution in [2.24, 2.45) is 0 Å². The topological polar surface area (TPSA) is 0 Å². The summed E-state index contributed by atoms with van der Waals surface area (Å²) in [5, 5.41) is 5.77. The van der Waals surface area contributed by atoms with Gasteiger partial charge in [0, 0.05) is 0 Å². The van der Waals surface area contributed by atoms with Crippen molar-refractivity contribution in [3.63, 3.8) is 0 Å². The quantitative estimate of drug-likeness (QED) is 0.618. The molecule has 0 aromatic heterocycles. The maximum Gasteiger partial charge on any atom is 0.113 e. The lowest BCUT2D eigenvalue weighted by atomic mass is 10.1. The van der Waals surface area contributed by atoms with Crippen LogP contribution in [0.3, 0.4) is 0 Å². The largest absolute Gasteiger partial charge is 0.113 e. The van der Waals surface area contributed by atoms with Crippen LogP contribution >= 0.6 is 0 Å². The fourth-order valence-electron chi connectivity index (χ4n) is 2.78. The Labute approximate surface area is 115 Å². The van der Waals surface area contributed by atoms with Crippen LogP contribution in [-0.4, -0.2) is 8.07 Å². The zero-order valence-corrected chi connectivity index (χ0v) is 12.4. The zero-order valence-electron chi connectivity index (χ0n) is 11.4. The van der Waals surface area contributed by atoms with Gasteiger partial charge in [0.25, 0.3) is 0 Å². The third-order valence-electron chi connectivity index (χ3n) is 3.96. The predicted molar refractivity (Wildman–Crippen MR) is 87.1 cm³/mol. The standard InChI is InChI=1S/C18H18Si/c1-19(2,16-11-4-3-5-12-16)18-14-8-10-15-9-6-7-13-17(15)18/h3-14H,1-2H3. The first-order valence-corrected chi connectivity index (χ1v) is 9.73. The fourth-order valence-corrected chi connectivity index (χ4v) is 5.53. The lowest BCUT2D eigenvalue weighted by Gasteiger charge is -2.25. The van der Waals surface area contributed by atoms with E-state index in [1.165, 1.54) is 21.1 Å². The molecule has 0 aliphatic heterocycles. The summed E-state index contributed by atoms with van der Waals surface area (Å²) in [5.41, 5.74) is 0. The predicted octanol–water partition coefficient (Wildman–Crippen LogP) is 3.66. The van der Waals surface area contributed by atoms with Crippen LogP contribution in [-0.2, 0) is 0 Å². The van der Waals surface area contributed by atoms with E-state index in [-0.39, 0.29) is 0 Å². The number of hydrogen-bond acceptors (Lipinski definition) is 0. The zero-order chi connectivity index (χ0) is 13.3. The van der Waals surface area contributed by atoms with Crippen molar-refractivity contribution in [1.29, 1.82) is 0 Å². The van der Waals surface area contributed by atoms with Gasteiger partial charge < -0.3 is 0 Å². The highest BCUT2D eigenvalue weighted by Gasteiger charge is 2.27. The SMILES string of the molecule is C[Si](C)(c1ccccc1)c1cccc2ccccc12. The summed E-state index contributed by atoms with van der Waals surface area (Å²) < 4.78 is 0. The maximum atomic E-state index is 2.43. The van der Waals surface area contributed by atoms with Gasteiger partial charge in [0.05, 0.1) is 0 Å². The van der Waals surface area contributed by atoms with Gasteiger partial charge in [-0.25, -0.2) is 0 Å². The average molecular weight is 262 g/mol. The van der Waals surface area contributed by atoms with E-state index in [4.69, 9.17) is 0 Å². The van der Waals surface area contributed by atoms with E-state index in [2.05, 4.69) is 85.9 Å². The van der Waals surface area contributed by atoms with Crippen LogP contribution in [0.1, 0.15) is 0 Å². The molecule has 1 heteroatoms. The minimum absolute atomic E-state index is 1.34. The summed E-state index contributed by atoms with van der Waals surface area (Å²) >= 11 is 0. The second-order valence-corrected chi connectivity index (χ2v) is 9.88. The molecular weight excluding hydrogens is 244 g/mol. The van der Waals surface area contributed by atoms with Crippen LogP contribution in [0.15, 0.2) is 72.8 Å². The van der Waals surface area contributed by atoms with Gasteiger partial charge in [0.2, 0.25) is 0 Å². The number of rotatable bonds is 2. The summed E-state index contributed by atoms with van der Waals surface area (Å²) in [4.78, 5) is 0. The van der Waals surface area contributed by atoms with Crippen molar-refractivity contribution >= 4 is 29.2 Å². The highest BCUT2D eigenvalue weighted by atomic mass is 28.3. The van der Waals surface area contributed by atoms with Crippen molar-refractivity contribution in [3.8, 4) is 0 Å². The van der Waals surface area contributed by atoms with E-state index in [1.54, 1.807) is 0 Å². The molecule has 0 atom stereocenters. The van der Waals surface area contributed by atoms with E-state index in [9.17, 15) is 0 Å². The molecule has 0 bridgehead atoms. The molecule has 0 aliphatic rings. The van der Waals surface area contributed by atoms with Crippen molar-refractivity contribution in [3.05, 3.63) is 72.8 Å². The van der Waals surface area contributed by atoms with Gasteiger partial charge in [0.15, 0.2) is 0 Å². The van der Waals surface area contributed by atoms with E-state index in [0.29, 0.717) is 0 Å². The summed E-state index contributed by atoms with van der Waals surface area (Å²) in [6, 6.07) is 26.3.